The van der Waals surface area contributed by atoms with E-state index < -0.39 is 0 Å². The molecule has 0 amide bonds. The van der Waals surface area contributed by atoms with Crippen LogP contribution in [0.3, 0.4) is 0 Å². The number of aryl methyl sites for hydroxylation is 3. The summed E-state index contributed by atoms with van der Waals surface area (Å²) in [4.78, 5) is 0. The SMILES string of the molecule is CCCCCCCCCCCc1[c]c(CCCCCCCCCCC)cc(CCCCCCCCCCC)c1. The highest BCUT2D eigenvalue weighted by atomic mass is 14.1. The number of unbranched alkanes of at least 4 members (excludes halogenated alkanes) is 24. The highest BCUT2D eigenvalue weighted by Gasteiger charge is 2.04. The van der Waals surface area contributed by atoms with Crippen LogP contribution in [0.15, 0.2) is 12.1 Å². The Kier molecular flexibility index (Phi) is 26.7. The van der Waals surface area contributed by atoms with E-state index in [0.29, 0.717) is 0 Å². The second-order valence-electron chi connectivity index (χ2n) is 12.8. The van der Waals surface area contributed by atoms with Crippen LogP contribution in [0.25, 0.3) is 0 Å². The van der Waals surface area contributed by atoms with Gasteiger partial charge in [-0.15, -0.1) is 0 Å². The average molecular weight is 540 g/mol. The number of hydrogen-bond acceptors (Lipinski definition) is 0. The average Bonchev–Trinajstić information content (AvgIpc) is 2.94. The van der Waals surface area contributed by atoms with Gasteiger partial charge >= 0.3 is 0 Å². The van der Waals surface area contributed by atoms with Crippen molar-refractivity contribution in [2.45, 2.75) is 213 Å². The Morgan fingerprint density at radius 1 is 0.333 bits per heavy atom. The number of rotatable bonds is 30. The second kappa shape index (κ2) is 28.7. The first kappa shape index (κ1) is 36.2. The van der Waals surface area contributed by atoms with Crippen molar-refractivity contribution in [2.75, 3.05) is 0 Å². The molecule has 227 valence electrons. The zero-order valence-electron chi connectivity index (χ0n) is 27.4. The standard InChI is InChI=1S/C39H71/c1-4-7-10-13-16-19-22-25-28-31-37-34-38(32-29-26-23-20-17-14-11-8-5-2)36-39(35-37)33-30-27-24-21-18-15-12-9-6-3/h34-35H,4-33H2,1-3H3. The van der Waals surface area contributed by atoms with E-state index in [0.717, 1.165) is 0 Å². The predicted octanol–water partition coefficient (Wildman–Crippen LogP) is 13.7. The van der Waals surface area contributed by atoms with Crippen LogP contribution >= 0.6 is 0 Å². The van der Waals surface area contributed by atoms with Crippen molar-refractivity contribution in [3.8, 4) is 0 Å². The van der Waals surface area contributed by atoms with Gasteiger partial charge in [-0.25, -0.2) is 0 Å². The van der Waals surface area contributed by atoms with Gasteiger partial charge in [-0.2, -0.15) is 0 Å². The van der Waals surface area contributed by atoms with Crippen molar-refractivity contribution >= 4 is 0 Å². The molecule has 0 aromatic heterocycles. The van der Waals surface area contributed by atoms with Gasteiger partial charge in [-0.3, -0.25) is 0 Å². The molecule has 1 radical (unpaired) electrons. The number of benzene rings is 1. The minimum Gasteiger partial charge on any atom is -0.0654 e. The van der Waals surface area contributed by atoms with Crippen molar-refractivity contribution in [3.63, 3.8) is 0 Å². The van der Waals surface area contributed by atoms with Crippen molar-refractivity contribution in [3.05, 3.63) is 34.9 Å². The van der Waals surface area contributed by atoms with Crippen LogP contribution in [-0.2, 0) is 19.3 Å². The van der Waals surface area contributed by atoms with Crippen LogP contribution in [0.4, 0.5) is 0 Å². The Bertz CT molecular complexity index is 516. The quantitative estimate of drug-likeness (QED) is 0.0853. The summed E-state index contributed by atoms with van der Waals surface area (Å²) in [5, 5.41) is 0. The lowest BCUT2D eigenvalue weighted by molar-refractivity contribution is 0.562. The summed E-state index contributed by atoms with van der Waals surface area (Å²) in [6.07, 6.45) is 42.0. The van der Waals surface area contributed by atoms with Crippen molar-refractivity contribution in [1.82, 2.24) is 0 Å². The first-order chi connectivity index (χ1) is 19.3. The molecule has 0 saturated heterocycles. The maximum atomic E-state index is 3.87. The van der Waals surface area contributed by atoms with Gasteiger partial charge in [0, 0.05) is 0 Å². The normalized spacial score (nSPS) is 11.5. The van der Waals surface area contributed by atoms with Gasteiger partial charge in [0.2, 0.25) is 0 Å². The molecule has 0 aliphatic carbocycles. The van der Waals surface area contributed by atoms with Gasteiger partial charge in [0.15, 0.2) is 0 Å². The molecule has 0 heteroatoms. The van der Waals surface area contributed by atoms with E-state index in [-0.39, 0.29) is 0 Å². The molecule has 0 fully saturated rings. The molecule has 0 aliphatic rings. The molecule has 0 nitrogen and oxygen atoms in total. The van der Waals surface area contributed by atoms with Crippen molar-refractivity contribution in [1.29, 1.82) is 0 Å². The van der Waals surface area contributed by atoms with Crippen LogP contribution in [-0.4, -0.2) is 0 Å². The maximum Gasteiger partial charge on any atom is -0.0114 e. The summed E-state index contributed by atoms with van der Waals surface area (Å²) in [6, 6.07) is 8.92. The monoisotopic (exact) mass is 540 g/mol. The third-order valence-corrected chi connectivity index (χ3v) is 8.71. The first-order valence-corrected chi connectivity index (χ1v) is 18.3. The third kappa shape index (κ3) is 23.6. The minimum atomic E-state index is 1.24. The largest absolute Gasteiger partial charge is 0.0654 e. The lowest BCUT2D eigenvalue weighted by Gasteiger charge is -2.11. The summed E-state index contributed by atoms with van der Waals surface area (Å²) < 4.78 is 0. The lowest BCUT2D eigenvalue weighted by Crippen LogP contribution is -1.97. The van der Waals surface area contributed by atoms with E-state index in [9.17, 15) is 0 Å². The predicted molar refractivity (Wildman–Crippen MR) is 178 cm³/mol. The van der Waals surface area contributed by atoms with E-state index >= 15 is 0 Å². The van der Waals surface area contributed by atoms with Crippen LogP contribution in [0.1, 0.15) is 211 Å². The lowest BCUT2D eigenvalue weighted by atomic mass is 9.95. The Labute approximate surface area is 247 Å². The molecular weight excluding hydrogens is 468 g/mol. The second-order valence-corrected chi connectivity index (χ2v) is 12.8. The van der Waals surface area contributed by atoms with Gasteiger partial charge in [0.05, 0.1) is 0 Å². The van der Waals surface area contributed by atoms with Gasteiger partial charge in [0.25, 0.3) is 0 Å². The smallest absolute Gasteiger partial charge is 0.0114 e. The Hall–Kier alpha value is -0.780. The fourth-order valence-electron chi connectivity index (χ4n) is 6.07. The molecule has 0 saturated carbocycles. The van der Waals surface area contributed by atoms with Gasteiger partial charge in [-0.05, 0) is 61.3 Å². The van der Waals surface area contributed by atoms with Crippen LogP contribution < -0.4 is 0 Å². The number of hydrogen-bond donors (Lipinski definition) is 0. The molecule has 0 bridgehead atoms. The van der Waals surface area contributed by atoms with Gasteiger partial charge in [-0.1, -0.05) is 187 Å². The molecular formula is C39H71. The minimum absolute atomic E-state index is 1.24. The highest BCUT2D eigenvalue weighted by Crippen LogP contribution is 2.19. The van der Waals surface area contributed by atoms with Crippen LogP contribution in [0.2, 0.25) is 0 Å². The summed E-state index contributed by atoms with van der Waals surface area (Å²) >= 11 is 0. The Morgan fingerprint density at radius 2 is 0.590 bits per heavy atom. The molecule has 39 heavy (non-hydrogen) atoms. The molecule has 0 heterocycles. The zero-order valence-corrected chi connectivity index (χ0v) is 27.4. The highest BCUT2D eigenvalue weighted by molar-refractivity contribution is 5.29. The van der Waals surface area contributed by atoms with E-state index in [1.54, 1.807) is 5.56 Å². The fourth-order valence-corrected chi connectivity index (χ4v) is 6.07. The van der Waals surface area contributed by atoms with Crippen molar-refractivity contribution < 1.29 is 0 Å². The topological polar surface area (TPSA) is 0 Å². The van der Waals surface area contributed by atoms with Gasteiger partial charge < -0.3 is 0 Å². The Balaban J connectivity index is 2.38. The summed E-state index contributed by atoms with van der Waals surface area (Å²) in [7, 11) is 0. The van der Waals surface area contributed by atoms with E-state index in [2.05, 4.69) is 39.0 Å². The molecule has 0 N–H and O–H groups in total. The Morgan fingerprint density at radius 3 is 0.897 bits per heavy atom. The van der Waals surface area contributed by atoms with Crippen molar-refractivity contribution in [2.24, 2.45) is 0 Å². The summed E-state index contributed by atoms with van der Waals surface area (Å²) in [6.45, 7) is 6.93. The maximum absolute atomic E-state index is 3.87. The van der Waals surface area contributed by atoms with E-state index in [1.165, 1.54) is 204 Å². The first-order valence-electron chi connectivity index (χ1n) is 18.3. The fraction of sp³-hybridized carbons (Fsp3) is 0.846. The molecule has 0 spiro atoms. The molecule has 0 atom stereocenters. The molecule has 0 unspecified atom stereocenters. The van der Waals surface area contributed by atoms with Crippen LogP contribution in [0, 0.1) is 6.07 Å². The van der Waals surface area contributed by atoms with Crippen LogP contribution in [0.5, 0.6) is 0 Å². The molecule has 1 aromatic rings. The molecule has 0 aliphatic heterocycles. The summed E-state index contributed by atoms with van der Waals surface area (Å²) in [5.41, 5.74) is 4.63. The van der Waals surface area contributed by atoms with E-state index in [4.69, 9.17) is 0 Å². The zero-order chi connectivity index (χ0) is 28.1. The third-order valence-electron chi connectivity index (χ3n) is 8.71. The van der Waals surface area contributed by atoms with E-state index in [1.807, 2.05) is 0 Å². The van der Waals surface area contributed by atoms with Gasteiger partial charge in [0.1, 0.15) is 0 Å². The molecule has 1 rings (SSSR count). The summed E-state index contributed by atoms with van der Waals surface area (Å²) in [5.74, 6) is 0. The molecule has 1 aromatic carbocycles.